The second-order valence-corrected chi connectivity index (χ2v) is 3.03. The van der Waals surface area contributed by atoms with Crippen LogP contribution in [0.4, 0.5) is 0 Å². The van der Waals surface area contributed by atoms with E-state index in [9.17, 15) is 9.59 Å². The van der Waals surface area contributed by atoms with Gasteiger partial charge < -0.3 is 16.8 Å². The standard InChI is InChI=1S/C8H13N3O2.ClH/c9-6(7(10)12)4-5-2-1-3-11-8(5)13;/h4-5H,1-3,9H2,(H2,10,12)(H,11,13);1H/b6-4-;/t5-;/m0./s1. The summed E-state index contributed by atoms with van der Waals surface area (Å²) in [5.41, 5.74) is 10.2. The minimum Gasteiger partial charge on any atom is -0.395 e. The molecule has 80 valence electrons. The normalized spacial score (nSPS) is 22.1. The number of primary amides is 1. The van der Waals surface area contributed by atoms with Gasteiger partial charge in [-0.1, -0.05) is 0 Å². The third kappa shape index (κ3) is 3.26. The quantitative estimate of drug-likeness (QED) is 0.534. The van der Waals surface area contributed by atoms with Gasteiger partial charge >= 0.3 is 0 Å². The number of carbonyl (C=O) groups is 2. The molecule has 1 heterocycles. The number of halogens is 1. The Labute approximate surface area is 88.3 Å². The molecule has 5 nitrogen and oxygen atoms in total. The van der Waals surface area contributed by atoms with Gasteiger partial charge in [-0.3, -0.25) is 9.59 Å². The average molecular weight is 220 g/mol. The van der Waals surface area contributed by atoms with Crippen molar-refractivity contribution >= 4 is 24.2 Å². The highest BCUT2D eigenvalue weighted by molar-refractivity contribution is 5.92. The summed E-state index contributed by atoms with van der Waals surface area (Å²) in [5, 5.41) is 2.69. The van der Waals surface area contributed by atoms with E-state index in [1.54, 1.807) is 0 Å². The van der Waals surface area contributed by atoms with Crippen LogP contribution >= 0.6 is 12.4 Å². The highest BCUT2D eigenvalue weighted by Crippen LogP contribution is 2.13. The first-order valence-electron chi connectivity index (χ1n) is 4.16. The second-order valence-electron chi connectivity index (χ2n) is 3.03. The van der Waals surface area contributed by atoms with E-state index < -0.39 is 5.91 Å². The molecular formula is C8H14ClN3O2. The predicted octanol–water partition coefficient (Wildman–Crippen LogP) is -0.738. The van der Waals surface area contributed by atoms with Gasteiger partial charge in [0.2, 0.25) is 5.91 Å². The van der Waals surface area contributed by atoms with Crippen LogP contribution in [0.2, 0.25) is 0 Å². The summed E-state index contributed by atoms with van der Waals surface area (Å²) in [7, 11) is 0. The van der Waals surface area contributed by atoms with Gasteiger partial charge in [-0.05, 0) is 18.9 Å². The maximum atomic E-state index is 11.2. The topological polar surface area (TPSA) is 98.2 Å². The predicted molar refractivity (Wildman–Crippen MR) is 54.4 cm³/mol. The monoisotopic (exact) mass is 219 g/mol. The van der Waals surface area contributed by atoms with Gasteiger partial charge in [-0.2, -0.15) is 0 Å². The molecule has 6 heteroatoms. The highest BCUT2D eigenvalue weighted by Gasteiger charge is 2.20. The molecule has 0 aromatic rings. The first kappa shape index (κ1) is 12.8. The molecule has 0 aromatic heterocycles. The maximum Gasteiger partial charge on any atom is 0.264 e. The van der Waals surface area contributed by atoms with Gasteiger partial charge in [0, 0.05) is 6.54 Å². The van der Waals surface area contributed by atoms with Gasteiger partial charge in [-0.15, -0.1) is 12.4 Å². The molecule has 5 N–H and O–H groups in total. The lowest BCUT2D eigenvalue weighted by atomic mass is 9.97. The van der Waals surface area contributed by atoms with E-state index in [-0.39, 0.29) is 29.9 Å². The molecular weight excluding hydrogens is 206 g/mol. The van der Waals surface area contributed by atoms with Crippen molar-refractivity contribution in [3.05, 3.63) is 11.8 Å². The molecule has 1 aliphatic rings. The van der Waals surface area contributed by atoms with E-state index in [4.69, 9.17) is 11.5 Å². The van der Waals surface area contributed by atoms with Crippen LogP contribution in [0.25, 0.3) is 0 Å². The highest BCUT2D eigenvalue weighted by atomic mass is 35.5. The fourth-order valence-electron chi connectivity index (χ4n) is 1.25. The Morgan fingerprint density at radius 3 is 2.64 bits per heavy atom. The molecule has 1 saturated heterocycles. The van der Waals surface area contributed by atoms with Crippen LogP contribution in [-0.4, -0.2) is 18.4 Å². The molecule has 1 rings (SSSR count). The van der Waals surface area contributed by atoms with Crippen LogP contribution in [0, 0.1) is 5.92 Å². The Hall–Kier alpha value is -1.23. The molecule has 0 bridgehead atoms. The van der Waals surface area contributed by atoms with Crippen LogP contribution in [-0.2, 0) is 9.59 Å². The summed E-state index contributed by atoms with van der Waals surface area (Å²) in [6, 6.07) is 0. The van der Waals surface area contributed by atoms with Crippen molar-refractivity contribution in [2.75, 3.05) is 6.54 Å². The molecule has 0 aliphatic carbocycles. The summed E-state index contributed by atoms with van der Waals surface area (Å²) in [6.07, 6.45) is 3.05. The van der Waals surface area contributed by atoms with E-state index in [0.29, 0.717) is 6.54 Å². The van der Waals surface area contributed by atoms with Gasteiger partial charge in [0.25, 0.3) is 5.91 Å². The van der Waals surface area contributed by atoms with Crippen molar-refractivity contribution in [2.45, 2.75) is 12.8 Å². The van der Waals surface area contributed by atoms with Crippen molar-refractivity contribution in [1.29, 1.82) is 0 Å². The number of piperidine rings is 1. The summed E-state index contributed by atoms with van der Waals surface area (Å²) in [6.45, 7) is 0.694. The lowest BCUT2D eigenvalue weighted by Crippen LogP contribution is -2.36. The third-order valence-electron chi connectivity index (χ3n) is 1.99. The fourth-order valence-corrected chi connectivity index (χ4v) is 1.25. The molecule has 2 amide bonds. The van der Waals surface area contributed by atoms with Gasteiger partial charge in [0.05, 0.1) is 11.6 Å². The van der Waals surface area contributed by atoms with Crippen molar-refractivity contribution in [1.82, 2.24) is 5.32 Å². The Morgan fingerprint density at radius 2 is 2.14 bits per heavy atom. The van der Waals surface area contributed by atoms with E-state index in [1.807, 2.05) is 0 Å². The zero-order valence-corrected chi connectivity index (χ0v) is 8.47. The van der Waals surface area contributed by atoms with E-state index in [0.717, 1.165) is 12.8 Å². The summed E-state index contributed by atoms with van der Waals surface area (Å²) in [4.78, 5) is 21.8. The van der Waals surface area contributed by atoms with Crippen molar-refractivity contribution in [3.8, 4) is 0 Å². The smallest absolute Gasteiger partial charge is 0.264 e. The number of rotatable bonds is 2. The third-order valence-corrected chi connectivity index (χ3v) is 1.99. The zero-order valence-electron chi connectivity index (χ0n) is 7.66. The number of hydrogen-bond acceptors (Lipinski definition) is 3. The molecule has 0 aromatic carbocycles. The molecule has 0 unspecified atom stereocenters. The molecule has 1 fully saturated rings. The number of nitrogens with two attached hydrogens (primary N) is 2. The number of carbonyl (C=O) groups excluding carboxylic acids is 2. The summed E-state index contributed by atoms with van der Waals surface area (Å²) >= 11 is 0. The summed E-state index contributed by atoms with van der Waals surface area (Å²) < 4.78 is 0. The number of hydrogen-bond donors (Lipinski definition) is 3. The molecule has 14 heavy (non-hydrogen) atoms. The Balaban J connectivity index is 0.00000169. The maximum absolute atomic E-state index is 11.2. The van der Waals surface area contributed by atoms with Gasteiger partial charge in [-0.25, -0.2) is 0 Å². The minimum absolute atomic E-state index is 0. The van der Waals surface area contributed by atoms with E-state index in [2.05, 4.69) is 5.32 Å². The van der Waals surface area contributed by atoms with Crippen molar-refractivity contribution in [3.63, 3.8) is 0 Å². The molecule has 1 atom stereocenters. The van der Waals surface area contributed by atoms with Crippen LogP contribution < -0.4 is 16.8 Å². The van der Waals surface area contributed by atoms with Crippen molar-refractivity contribution < 1.29 is 9.59 Å². The number of amides is 2. The number of nitrogens with one attached hydrogen (secondary N) is 1. The first-order valence-corrected chi connectivity index (χ1v) is 4.16. The van der Waals surface area contributed by atoms with E-state index >= 15 is 0 Å². The molecule has 0 radical (unpaired) electrons. The van der Waals surface area contributed by atoms with Gasteiger partial charge in [0.15, 0.2) is 0 Å². The van der Waals surface area contributed by atoms with Crippen LogP contribution in [0.15, 0.2) is 11.8 Å². The van der Waals surface area contributed by atoms with Crippen LogP contribution in [0.5, 0.6) is 0 Å². The second kappa shape index (κ2) is 5.49. The fraction of sp³-hybridized carbons (Fsp3) is 0.500. The summed E-state index contributed by atoms with van der Waals surface area (Å²) in [5.74, 6) is -1.07. The average Bonchev–Trinajstić information content (AvgIpc) is 2.08. The molecule has 0 spiro atoms. The SMILES string of the molecule is Cl.NC(=O)/C(N)=C/[C@@H]1CCCNC1=O. The Bertz CT molecular complexity index is 265. The van der Waals surface area contributed by atoms with Gasteiger partial charge in [0.1, 0.15) is 0 Å². The van der Waals surface area contributed by atoms with Crippen LogP contribution in [0.1, 0.15) is 12.8 Å². The van der Waals surface area contributed by atoms with Crippen LogP contribution in [0.3, 0.4) is 0 Å². The van der Waals surface area contributed by atoms with Crippen molar-refractivity contribution in [2.24, 2.45) is 17.4 Å². The zero-order chi connectivity index (χ0) is 9.84. The lowest BCUT2D eigenvalue weighted by Gasteiger charge is -2.18. The largest absolute Gasteiger partial charge is 0.395 e. The Kier molecular flexibility index (Phi) is 5.01. The lowest BCUT2D eigenvalue weighted by molar-refractivity contribution is -0.125. The van der Waals surface area contributed by atoms with E-state index in [1.165, 1.54) is 6.08 Å². The first-order chi connectivity index (χ1) is 6.11. The Morgan fingerprint density at radius 1 is 1.50 bits per heavy atom. The minimum atomic E-state index is -0.682. The molecule has 1 aliphatic heterocycles. The molecule has 0 saturated carbocycles.